The molecule has 2 aromatic rings. The van der Waals surface area contributed by atoms with Crippen molar-refractivity contribution < 1.29 is 24.6 Å². The molecule has 0 atom stereocenters. The molecule has 0 unspecified atom stereocenters. The Morgan fingerprint density at radius 3 is 2.59 bits per heavy atom. The van der Waals surface area contributed by atoms with Crippen LogP contribution in [0.1, 0.15) is 21.5 Å². The average Bonchev–Trinajstić information content (AvgIpc) is 2.71. The van der Waals surface area contributed by atoms with Gasteiger partial charge in [-0.25, -0.2) is 10.9 Å². The van der Waals surface area contributed by atoms with Crippen molar-refractivity contribution in [2.75, 3.05) is 13.2 Å². The molecule has 4 N–H and O–H groups in total. The molecule has 0 bridgehead atoms. The Labute approximate surface area is 155 Å². The van der Waals surface area contributed by atoms with E-state index in [2.05, 4.69) is 10.5 Å². The molecule has 27 heavy (non-hydrogen) atoms. The van der Waals surface area contributed by atoms with E-state index in [1.165, 1.54) is 17.8 Å². The molecule has 0 saturated heterocycles. The molecule has 0 spiro atoms. The molecule has 0 aromatic heterocycles. The molecule has 140 valence electrons. The van der Waals surface area contributed by atoms with Crippen molar-refractivity contribution in [3.05, 3.63) is 71.3 Å². The second-order valence-electron chi connectivity index (χ2n) is 5.28. The molecule has 0 saturated carbocycles. The lowest BCUT2D eigenvalue weighted by molar-refractivity contribution is -0.124. The average molecular weight is 369 g/mol. The number of carbonyl (C=O) groups is 2. The van der Waals surface area contributed by atoms with Crippen LogP contribution in [0.2, 0.25) is 0 Å². The van der Waals surface area contributed by atoms with Crippen molar-refractivity contribution in [3.8, 4) is 5.75 Å². The van der Waals surface area contributed by atoms with Crippen molar-refractivity contribution >= 4 is 24.1 Å². The number of carbonyl (C=O) groups excluding carboxylic acids is 2. The summed E-state index contributed by atoms with van der Waals surface area (Å²) >= 11 is 0. The van der Waals surface area contributed by atoms with E-state index in [9.17, 15) is 9.59 Å². The van der Waals surface area contributed by atoms with Gasteiger partial charge >= 0.3 is 0 Å². The van der Waals surface area contributed by atoms with Crippen LogP contribution in [0.5, 0.6) is 5.75 Å². The summed E-state index contributed by atoms with van der Waals surface area (Å²) in [6, 6.07) is 13.5. The number of benzene rings is 2. The maximum atomic E-state index is 12.1. The number of hydrogen-bond donors (Lipinski definition) is 4. The van der Waals surface area contributed by atoms with E-state index >= 15 is 0 Å². The largest absolute Gasteiger partial charge is 0.491 e. The van der Waals surface area contributed by atoms with Gasteiger partial charge in [0.15, 0.2) is 0 Å². The number of aliphatic hydroxyl groups is 1. The summed E-state index contributed by atoms with van der Waals surface area (Å²) in [6.07, 6.45) is 4.14. The Kier molecular flexibility index (Phi) is 7.70. The zero-order valence-corrected chi connectivity index (χ0v) is 14.3. The van der Waals surface area contributed by atoms with Crippen LogP contribution in [0, 0.1) is 0 Å². The number of ether oxygens (including phenoxy) is 1. The van der Waals surface area contributed by atoms with Crippen LogP contribution in [-0.4, -0.2) is 41.6 Å². The predicted octanol–water partition coefficient (Wildman–Crippen LogP) is 1.34. The Bertz CT molecular complexity index is 831. The molecule has 0 heterocycles. The molecule has 0 aliphatic carbocycles. The van der Waals surface area contributed by atoms with Gasteiger partial charge in [-0.05, 0) is 41.5 Å². The van der Waals surface area contributed by atoms with Gasteiger partial charge in [-0.1, -0.05) is 24.3 Å². The summed E-state index contributed by atoms with van der Waals surface area (Å²) in [5, 5.41) is 21.1. The first-order chi connectivity index (χ1) is 13.1. The summed E-state index contributed by atoms with van der Waals surface area (Å²) in [5.74, 6) is -0.433. The molecule has 0 aliphatic heterocycles. The van der Waals surface area contributed by atoms with Crippen LogP contribution >= 0.6 is 0 Å². The second-order valence-corrected chi connectivity index (χ2v) is 5.28. The zero-order valence-electron chi connectivity index (χ0n) is 14.3. The lowest BCUT2D eigenvalue weighted by Crippen LogP contribution is -2.17. The molecule has 8 heteroatoms. The Balaban J connectivity index is 1.92. The van der Waals surface area contributed by atoms with E-state index in [1.54, 1.807) is 48.5 Å². The molecule has 0 aliphatic rings. The number of nitrogens with one attached hydrogen (secondary N) is 2. The smallest absolute Gasteiger partial charge is 0.271 e. The summed E-state index contributed by atoms with van der Waals surface area (Å²) in [5.41, 5.74) is 5.74. The van der Waals surface area contributed by atoms with E-state index in [1.807, 2.05) is 0 Å². The highest BCUT2D eigenvalue weighted by molar-refractivity contribution is 5.95. The van der Waals surface area contributed by atoms with Gasteiger partial charge in [0.2, 0.25) is 0 Å². The quantitative estimate of drug-likeness (QED) is 0.242. The van der Waals surface area contributed by atoms with Gasteiger partial charge in [-0.15, -0.1) is 0 Å². The third-order valence-electron chi connectivity index (χ3n) is 3.31. The van der Waals surface area contributed by atoms with E-state index in [-0.39, 0.29) is 19.1 Å². The van der Waals surface area contributed by atoms with Gasteiger partial charge in [0.25, 0.3) is 11.8 Å². The number of rotatable bonds is 8. The molecular formula is C19H19N3O5. The van der Waals surface area contributed by atoms with Gasteiger partial charge in [-0.3, -0.25) is 14.8 Å². The molecule has 0 fully saturated rings. The maximum Gasteiger partial charge on any atom is 0.271 e. The van der Waals surface area contributed by atoms with Crippen LogP contribution < -0.4 is 15.6 Å². The van der Waals surface area contributed by atoms with E-state index < -0.39 is 5.91 Å². The normalized spacial score (nSPS) is 10.9. The Morgan fingerprint density at radius 2 is 1.89 bits per heavy atom. The molecule has 8 nitrogen and oxygen atoms in total. The van der Waals surface area contributed by atoms with Crippen molar-refractivity contribution in [2.24, 2.45) is 5.10 Å². The molecule has 0 radical (unpaired) electrons. The van der Waals surface area contributed by atoms with Crippen LogP contribution in [0.15, 0.2) is 59.7 Å². The third kappa shape index (κ3) is 6.73. The van der Waals surface area contributed by atoms with E-state index in [0.717, 1.165) is 11.6 Å². The highest BCUT2D eigenvalue weighted by Gasteiger charge is 2.03. The monoisotopic (exact) mass is 369 g/mol. The van der Waals surface area contributed by atoms with E-state index in [4.69, 9.17) is 15.1 Å². The van der Waals surface area contributed by atoms with Crippen LogP contribution in [-0.2, 0) is 4.79 Å². The van der Waals surface area contributed by atoms with Gasteiger partial charge in [0, 0.05) is 11.6 Å². The number of amides is 2. The second kappa shape index (κ2) is 10.5. The standard InChI is InChI=1S/C19H19N3O5/c23-10-11-27-17-3-1-2-15(12-17)13-20-21-19(25)16-7-4-14(5-8-16)6-9-18(24)22-26/h1-9,12-13,23,26H,10-11H2,(H,21,25)(H,22,24)/b9-6+,20-13+. The van der Waals surface area contributed by atoms with Crippen molar-refractivity contribution in [1.29, 1.82) is 0 Å². The van der Waals surface area contributed by atoms with Crippen molar-refractivity contribution in [3.63, 3.8) is 0 Å². The number of hydrogen-bond acceptors (Lipinski definition) is 6. The summed E-state index contributed by atoms with van der Waals surface area (Å²) in [4.78, 5) is 23.0. The first-order valence-corrected chi connectivity index (χ1v) is 8.01. The van der Waals surface area contributed by atoms with Gasteiger partial charge in [0.1, 0.15) is 12.4 Å². The molecule has 2 aromatic carbocycles. The van der Waals surface area contributed by atoms with Crippen LogP contribution in [0.25, 0.3) is 6.08 Å². The van der Waals surface area contributed by atoms with Crippen LogP contribution in [0.3, 0.4) is 0 Å². The maximum absolute atomic E-state index is 12.1. The zero-order chi connectivity index (χ0) is 19.5. The minimum absolute atomic E-state index is 0.0718. The summed E-state index contributed by atoms with van der Waals surface area (Å²) in [7, 11) is 0. The topological polar surface area (TPSA) is 120 Å². The predicted molar refractivity (Wildman–Crippen MR) is 99.5 cm³/mol. The third-order valence-corrected chi connectivity index (χ3v) is 3.31. The fraction of sp³-hybridized carbons (Fsp3) is 0.105. The van der Waals surface area contributed by atoms with Crippen molar-refractivity contribution in [1.82, 2.24) is 10.9 Å². The minimum atomic E-state index is -0.642. The van der Waals surface area contributed by atoms with Gasteiger partial charge < -0.3 is 9.84 Å². The Hall–Kier alpha value is -3.49. The number of hydroxylamine groups is 1. The lowest BCUT2D eigenvalue weighted by atomic mass is 10.1. The van der Waals surface area contributed by atoms with Crippen LogP contribution in [0.4, 0.5) is 0 Å². The summed E-state index contributed by atoms with van der Waals surface area (Å²) < 4.78 is 5.30. The molecule has 2 rings (SSSR count). The fourth-order valence-corrected chi connectivity index (χ4v) is 2.03. The lowest BCUT2D eigenvalue weighted by Gasteiger charge is -2.04. The van der Waals surface area contributed by atoms with Crippen molar-refractivity contribution in [2.45, 2.75) is 0 Å². The SMILES string of the molecule is O=C(/C=C/c1ccc(C(=O)N/N=C/c2cccc(OCCO)c2)cc1)NO. The first-order valence-electron chi connectivity index (χ1n) is 8.01. The highest BCUT2D eigenvalue weighted by Crippen LogP contribution is 2.11. The number of aliphatic hydroxyl groups excluding tert-OH is 1. The number of hydrazone groups is 1. The Morgan fingerprint density at radius 1 is 1.11 bits per heavy atom. The summed E-state index contributed by atoms with van der Waals surface area (Å²) in [6.45, 7) is 0.130. The highest BCUT2D eigenvalue weighted by atomic mass is 16.5. The van der Waals surface area contributed by atoms with Gasteiger partial charge in [-0.2, -0.15) is 5.10 Å². The molecule has 2 amide bonds. The fourth-order valence-electron chi connectivity index (χ4n) is 2.03. The first kappa shape index (κ1) is 19.8. The van der Waals surface area contributed by atoms with Gasteiger partial charge in [0.05, 0.1) is 12.8 Å². The minimum Gasteiger partial charge on any atom is -0.491 e. The molecular weight excluding hydrogens is 350 g/mol. The van der Waals surface area contributed by atoms with E-state index in [0.29, 0.717) is 16.9 Å². The number of nitrogens with zero attached hydrogens (tertiary/aromatic N) is 1.